The van der Waals surface area contributed by atoms with Gasteiger partial charge in [-0.2, -0.15) is 0 Å². The van der Waals surface area contributed by atoms with Crippen LogP contribution in [0.1, 0.15) is 31.7 Å². The molecule has 0 amide bonds. The van der Waals surface area contributed by atoms with Crippen molar-refractivity contribution in [2.45, 2.75) is 36.5 Å². The second-order valence-electron chi connectivity index (χ2n) is 5.17. The molecular weight excluding hydrogens is 290 g/mol. The number of hydrogen-bond donors (Lipinski definition) is 2. The summed E-state index contributed by atoms with van der Waals surface area (Å²) in [5.41, 5.74) is -0.135. The number of aliphatic carboxylic acids is 1. The van der Waals surface area contributed by atoms with Crippen LogP contribution in [-0.4, -0.2) is 26.0 Å². The minimum absolute atomic E-state index is 0.160. The van der Waals surface area contributed by atoms with Crippen molar-refractivity contribution >= 4 is 16.0 Å². The topological polar surface area (TPSA) is 83.5 Å². The van der Waals surface area contributed by atoms with Gasteiger partial charge in [-0.3, -0.25) is 4.79 Å². The number of nitrogens with one attached hydrogen (secondary N) is 1. The normalized spacial score (nSPS) is 17.0. The van der Waals surface area contributed by atoms with Gasteiger partial charge in [-0.1, -0.05) is 24.3 Å². The second kappa shape index (κ2) is 5.99. The summed E-state index contributed by atoms with van der Waals surface area (Å²) >= 11 is 0. The molecule has 0 bridgehead atoms. The molecule has 0 aliphatic heterocycles. The molecule has 5 nitrogen and oxygen atoms in total. The first-order valence-electron chi connectivity index (χ1n) is 6.87. The molecule has 2 N–H and O–H groups in total. The van der Waals surface area contributed by atoms with Crippen molar-refractivity contribution in [3.8, 4) is 0 Å². The largest absolute Gasteiger partial charge is 0.481 e. The van der Waals surface area contributed by atoms with Gasteiger partial charge in [-0.05, 0) is 43.9 Å². The van der Waals surface area contributed by atoms with Crippen molar-refractivity contribution in [3.05, 3.63) is 42.0 Å². The van der Waals surface area contributed by atoms with Crippen molar-refractivity contribution in [1.82, 2.24) is 4.72 Å². The predicted octanol–water partition coefficient (Wildman–Crippen LogP) is 2.05. The van der Waals surface area contributed by atoms with Crippen LogP contribution in [0.2, 0.25) is 0 Å². The third-order valence-electron chi connectivity index (χ3n) is 3.72. The van der Waals surface area contributed by atoms with E-state index in [-0.39, 0.29) is 4.90 Å². The standard InChI is InChI=1S/C15H19NO4S/c1-2-3-4-11-16-21(19,20)13-7-5-12(6-8-13)15(9-10-15)14(17)18/h2-3,5-8,16H,4,9-11H2,1H3,(H,17,18)/b3-2+. The molecule has 1 aromatic rings. The first-order valence-corrected chi connectivity index (χ1v) is 8.35. The molecule has 1 aliphatic rings. The molecule has 0 heterocycles. The van der Waals surface area contributed by atoms with E-state index >= 15 is 0 Å². The van der Waals surface area contributed by atoms with Crippen LogP contribution in [0.5, 0.6) is 0 Å². The zero-order valence-electron chi connectivity index (χ0n) is 11.9. The Morgan fingerprint density at radius 2 is 1.95 bits per heavy atom. The van der Waals surface area contributed by atoms with Gasteiger partial charge < -0.3 is 5.11 Å². The average molecular weight is 309 g/mol. The SMILES string of the molecule is C/C=C/CCNS(=O)(=O)c1ccc(C2(C(=O)O)CC2)cc1. The van der Waals surface area contributed by atoms with Crippen LogP contribution in [0.25, 0.3) is 0 Å². The third kappa shape index (κ3) is 3.33. The van der Waals surface area contributed by atoms with E-state index in [1.165, 1.54) is 12.1 Å². The Balaban J connectivity index is 2.10. The minimum atomic E-state index is -3.53. The number of hydrogen-bond acceptors (Lipinski definition) is 3. The lowest BCUT2D eigenvalue weighted by Crippen LogP contribution is -2.25. The molecule has 0 aromatic heterocycles. The molecule has 0 spiro atoms. The molecule has 0 atom stereocenters. The van der Waals surface area contributed by atoms with Crippen LogP contribution in [0.4, 0.5) is 0 Å². The van der Waals surface area contributed by atoms with E-state index in [2.05, 4.69) is 4.72 Å². The Morgan fingerprint density at radius 1 is 1.33 bits per heavy atom. The summed E-state index contributed by atoms with van der Waals surface area (Å²) < 4.78 is 26.6. The van der Waals surface area contributed by atoms with Crippen LogP contribution in [-0.2, 0) is 20.2 Å². The van der Waals surface area contributed by atoms with Crippen molar-refractivity contribution in [2.75, 3.05) is 6.54 Å². The maximum Gasteiger partial charge on any atom is 0.314 e. The average Bonchev–Trinajstić information content (AvgIpc) is 3.25. The molecule has 6 heteroatoms. The van der Waals surface area contributed by atoms with E-state index in [9.17, 15) is 18.3 Å². The first-order chi connectivity index (χ1) is 9.92. The fourth-order valence-corrected chi connectivity index (χ4v) is 3.28. The van der Waals surface area contributed by atoms with E-state index in [1.54, 1.807) is 12.1 Å². The molecule has 0 radical (unpaired) electrons. The van der Waals surface area contributed by atoms with Gasteiger partial charge in [0.1, 0.15) is 0 Å². The van der Waals surface area contributed by atoms with Gasteiger partial charge in [0.15, 0.2) is 0 Å². The lowest BCUT2D eigenvalue weighted by Gasteiger charge is -2.11. The number of allylic oxidation sites excluding steroid dienone is 1. The molecule has 114 valence electrons. The van der Waals surface area contributed by atoms with Crippen LogP contribution < -0.4 is 4.72 Å². The quantitative estimate of drug-likeness (QED) is 0.596. The summed E-state index contributed by atoms with van der Waals surface area (Å²) in [6, 6.07) is 6.13. The first kappa shape index (κ1) is 15.7. The van der Waals surface area contributed by atoms with E-state index < -0.39 is 21.4 Å². The minimum Gasteiger partial charge on any atom is -0.481 e. The fourth-order valence-electron chi connectivity index (χ4n) is 2.23. The van der Waals surface area contributed by atoms with E-state index in [1.807, 2.05) is 19.1 Å². The molecule has 0 unspecified atom stereocenters. The maximum atomic E-state index is 12.1. The molecule has 21 heavy (non-hydrogen) atoms. The monoisotopic (exact) mass is 309 g/mol. The molecule has 2 rings (SSSR count). The lowest BCUT2D eigenvalue weighted by atomic mass is 9.96. The number of carboxylic acid groups (broad SMARTS) is 1. The van der Waals surface area contributed by atoms with Crippen molar-refractivity contribution in [3.63, 3.8) is 0 Å². The summed E-state index contributed by atoms with van der Waals surface area (Å²) in [6.07, 6.45) is 5.60. The summed E-state index contributed by atoms with van der Waals surface area (Å²) in [6.45, 7) is 2.22. The summed E-state index contributed by atoms with van der Waals surface area (Å²) in [5.74, 6) is -0.845. The molecule has 1 aromatic carbocycles. The molecule has 1 aliphatic carbocycles. The van der Waals surface area contributed by atoms with Crippen molar-refractivity contribution in [1.29, 1.82) is 0 Å². The highest BCUT2D eigenvalue weighted by Crippen LogP contribution is 2.48. The second-order valence-corrected chi connectivity index (χ2v) is 6.93. The van der Waals surface area contributed by atoms with Gasteiger partial charge in [-0.15, -0.1) is 0 Å². The number of sulfonamides is 1. The number of carboxylic acids is 1. The van der Waals surface area contributed by atoms with Crippen molar-refractivity contribution in [2.24, 2.45) is 0 Å². The Hall–Kier alpha value is -1.66. The maximum absolute atomic E-state index is 12.1. The van der Waals surface area contributed by atoms with Gasteiger partial charge in [0.05, 0.1) is 10.3 Å². The van der Waals surface area contributed by atoms with Crippen LogP contribution in [0, 0.1) is 0 Å². The highest BCUT2D eigenvalue weighted by atomic mass is 32.2. The zero-order valence-corrected chi connectivity index (χ0v) is 12.7. The summed E-state index contributed by atoms with van der Waals surface area (Å²) in [7, 11) is -3.53. The highest BCUT2D eigenvalue weighted by Gasteiger charge is 2.51. The van der Waals surface area contributed by atoms with Gasteiger partial charge in [-0.25, -0.2) is 13.1 Å². The van der Waals surface area contributed by atoms with Gasteiger partial charge in [0.2, 0.25) is 10.0 Å². The molecule has 0 saturated heterocycles. The summed E-state index contributed by atoms with van der Waals surface area (Å²) in [4.78, 5) is 11.4. The molecule has 1 fully saturated rings. The summed E-state index contributed by atoms with van der Waals surface area (Å²) in [5, 5.41) is 9.22. The molecule has 1 saturated carbocycles. The highest BCUT2D eigenvalue weighted by molar-refractivity contribution is 7.89. The zero-order chi connectivity index (χ0) is 15.5. The smallest absolute Gasteiger partial charge is 0.314 e. The third-order valence-corrected chi connectivity index (χ3v) is 5.19. The van der Waals surface area contributed by atoms with Crippen LogP contribution >= 0.6 is 0 Å². The Bertz CT molecular complexity index is 643. The predicted molar refractivity (Wildman–Crippen MR) is 79.6 cm³/mol. The van der Waals surface area contributed by atoms with Crippen LogP contribution in [0.15, 0.2) is 41.3 Å². The van der Waals surface area contributed by atoms with E-state index in [0.29, 0.717) is 31.4 Å². The van der Waals surface area contributed by atoms with Gasteiger partial charge >= 0.3 is 5.97 Å². The van der Waals surface area contributed by atoms with Gasteiger partial charge in [0.25, 0.3) is 0 Å². The van der Waals surface area contributed by atoms with Crippen LogP contribution in [0.3, 0.4) is 0 Å². The number of benzene rings is 1. The van der Waals surface area contributed by atoms with E-state index in [4.69, 9.17) is 0 Å². The van der Waals surface area contributed by atoms with E-state index in [0.717, 1.165) is 0 Å². The Morgan fingerprint density at radius 3 is 2.43 bits per heavy atom. The number of carbonyl (C=O) groups is 1. The molecular formula is C15H19NO4S. The Labute approximate surface area is 124 Å². The van der Waals surface area contributed by atoms with Crippen molar-refractivity contribution < 1.29 is 18.3 Å². The van der Waals surface area contributed by atoms with Gasteiger partial charge in [0, 0.05) is 6.54 Å². The lowest BCUT2D eigenvalue weighted by molar-refractivity contribution is -0.140. The Kier molecular flexibility index (Phi) is 4.49. The fraction of sp³-hybridized carbons (Fsp3) is 0.400. The number of rotatable bonds is 7.